The molecule has 1 nitrogen and oxygen atoms in total. The van der Waals surface area contributed by atoms with Gasteiger partial charge in [-0.1, -0.05) is 73.8 Å². The summed E-state index contributed by atoms with van der Waals surface area (Å²) in [4.78, 5) is 10.9. The lowest BCUT2D eigenvalue weighted by atomic mass is 9.85. The van der Waals surface area contributed by atoms with E-state index in [0.717, 1.165) is 5.56 Å². The van der Waals surface area contributed by atoms with Gasteiger partial charge in [0.15, 0.2) is 0 Å². The summed E-state index contributed by atoms with van der Waals surface area (Å²) >= 11 is 17.5. The van der Waals surface area contributed by atoms with Crippen LogP contribution in [0.15, 0.2) is 18.2 Å². The molecule has 0 saturated carbocycles. The van der Waals surface area contributed by atoms with Crippen LogP contribution in [-0.2, 0) is 9.21 Å². The Labute approximate surface area is 111 Å². The summed E-state index contributed by atoms with van der Waals surface area (Å²) in [5, 5.41) is 0. The molecule has 0 aliphatic rings. The fraction of sp³-hybridized carbons (Fsp3) is 0.417. The highest BCUT2D eigenvalue weighted by molar-refractivity contribution is 6.66. The smallest absolute Gasteiger partial charge is 0.216 e. The van der Waals surface area contributed by atoms with Gasteiger partial charge in [0.1, 0.15) is 6.29 Å². The Morgan fingerprint density at radius 1 is 1.12 bits per heavy atom. The van der Waals surface area contributed by atoms with Crippen molar-refractivity contribution < 1.29 is 4.79 Å². The first kappa shape index (κ1) is 13.8. The van der Waals surface area contributed by atoms with Crippen molar-refractivity contribution in [3.05, 3.63) is 34.9 Å². The standard InChI is InChI=1S/C12H13Cl3O/c1-11(2,3)9-5-4-8(7-16)10(6-9)12(13,14)15/h4-7H,1-3H3. The van der Waals surface area contributed by atoms with E-state index in [4.69, 9.17) is 34.8 Å². The summed E-state index contributed by atoms with van der Waals surface area (Å²) < 4.78 is -1.57. The van der Waals surface area contributed by atoms with E-state index in [0.29, 0.717) is 17.4 Å². The van der Waals surface area contributed by atoms with E-state index >= 15 is 0 Å². The predicted octanol–water partition coefficient (Wildman–Crippen LogP) is 4.62. The lowest BCUT2D eigenvalue weighted by Gasteiger charge is -2.22. The lowest BCUT2D eigenvalue weighted by Crippen LogP contribution is -2.14. The third-order valence-corrected chi connectivity index (χ3v) is 2.96. The molecule has 0 N–H and O–H groups in total. The Bertz CT molecular complexity index is 400. The van der Waals surface area contributed by atoms with Gasteiger partial charge in [-0.3, -0.25) is 4.79 Å². The van der Waals surface area contributed by atoms with Gasteiger partial charge in [0.2, 0.25) is 3.79 Å². The molecular weight excluding hydrogens is 266 g/mol. The molecule has 88 valence electrons. The zero-order valence-electron chi connectivity index (χ0n) is 9.35. The summed E-state index contributed by atoms with van der Waals surface area (Å²) in [6.07, 6.45) is 0.698. The minimum Gasteiger partial charge on any atom is -0.298 e. The van der Waals surface area contributed by atoms with Crippen LogP contribution in [0.3, 0.4) is 0 Å². The van der Waals surface area contributed by atoms with Crippen molar-refractivity contribution in [2.75, 3.05) is 0 Å². The number of aldehydes is 1. The van der Waals surface area contributed by atoms with E-state index < -0.39 is 3.79 Å². The Hall–Kier alpha value is -0.240. The van der Waals surface area contributed by atoms with Crippen LogP contribution in [-0.4, -0.2) is 6.29 Å². The summed E-state index contributed by atoms with van der Waals surface area (Å²) in [7, 11) is 0. The third-order valence-electron chi connectivity index (χ3n) is 2.35. The van der Waals surface area contributed by atoms with Crippen molar-refractivity contribution in [1.82, 2.24) is 0 Å². The second-order valence-electron chi connectivity index (χ2n) is 4.67. The van der Waals surface area contributed by atoms with Crippen LogP contribution in [0.25, 0.3) is 0 Å². The molecule has 0 aliphatic carbocycles. The first-order valence-corrected chi connectivity index (χ1v) is 5.96. The zero-order valence-corrected chi connectivity index (χ0v) is 11.6. The second kappa shape index (κ2) is 4.56. The van der Waals surface area contributed by atoms with Gasteiger partial charge in [0, 0.05) is 11.1 Å². The highest BCUT2D eigenvalue weighted by Crippen LogP contribution is 2.41. The van der Waals surface area contributed by atoms with Crippen molar-refractivity contribution >= 4 is 41.1 Å². The quantitative estimate of drug-likeness (QED) is 0.541. The molecule has 1 aromatic carbocycles. The normalized spacial score (nSPS) is 12.6. The Kier molecular flexibility index (Phi) is 3.94. The number of carbonyl (C=O) groups excluding carboxylic acids is 1. The van der Waals surface area contributed by atoms with Gasteiger partial charge in [-0.05, 0) is 11.0 Å². The summed E-state index contributed by atoms with van der Waals surface area (Å²) in [6, 6.07) is 5.34. The SMILES string of the molecule is CC(C)(C)c1ccc(C=O)c(C(Cl)(Cl)Cl)c1. The van der Waals surface area contributed by atoms with E-state index in [9.17, 15) is 4.79 Å². The van der Waals surface area contributed by atoms with E-state index in [2.05, 4.69) is 20.8 Å². The molecule has 0 amide bonds. The van der Waals surface area contributed by atoms with Crippen LogP contribution < -0.4 is 0 Å². The first-order valence-electron chi connectivity index (χ1n) is 4.83. The number of rotatable bonds is 1. The molecule has 4 heteroatoms. The van der Waals surface area contributed by atoms with Gasteiger partial charge in [0.05, 0.1) is 0 Å². The number of alkyl halides is 3. The van der Waals surface area contributed by atoms with Crippen LogP contribution in [0.4, 0.5) is 0 Å². The lowest BCUT2D eigenvalue weighted by molar-refractivity contribution is 0.112. The average Bonchev–Trinajstić information content (AvgIpc) is 2.14. The number of hydrogen-bond donors (Lipinski definition) is 0. The number of benzene rings is 1. The average molecular weight is 280 g/mol. The predicted molar refractivity (Wildman–Crippen MR) is 69.8 cm³/mol. The monoisotopic (exact) mass is 278 g/mol. The van der Waals surface area contributed by atoms with Crippen molar-refractivity contribution in [3.63, 3.8) is 0 Å². The molecule has 0 radical (unpaired) electrons. The van der Waals surface area contributed by atoms with Gasteiger partial charge in [-0.25, -0.2) is 0 Å². The Morgan fingerprint density at radius 2 is 1.69 bits per heavy atom. The Balaban J connectivity index is 3.39. The van der Waals surface area contributed by atoms with Gasteiger partial charge in [-0.15, -0.1) is 0 Å². The Morgan fingerprint density at radius 3 is 2.06 bits per heavy atom. The molecule has 0 heterocycles. The van der Waals surface area contributed by atoms with Gasteiger partial charge < -0.3 is 0 Å². The summed E-state index contributed by atoms with van der Waals surface area (Å²) in [5.41, 5.74) is 1.82. The van der Waals surface area contributed by atoms with E-state index in [1.165, 1.54) is 0 Å². The van der Waals surface area contributed by atoms with Gasteiger partial charge in [-0.2, -0.15) is 0 Å². The molecule has 1 aromatic rings. The molecule has 0 spiro atoms. The largest absolute Gasteiger partial charge is 0.298 e. The molecule has 0 aromatic heterocycles. The van der Waals surface area contributed by atoms with Crippen molar-refractivity contribution in [3.8, 4) is 0 Å². The van der Waals surface area contributed by atoms with E-state index in [1.807, 2.05) is 6.07 Å². The van der Waals surface area contributed by atoms with Crippen molar-refractivity contribution in [1.29, 1.82) is 0 Å². The van der Waals surface area contributed by atoms with E-state index in [-0.39, 0.29) is 5.41 Å². The minimum atomic E-state index is -1.57. The summed E-state index contributed by atoms with van der Waals surface area (Å²) in [6.45, 7) is 6.18. The number of halogens is 3. The van der Waals surface area contributed by atoms with Crippen LogP contribution in [0.1, 0.15) is 42.3 Å². The molecule has 0 fully saturated rings. The minimum absolute atomic E-state index is 0.0495. The maximum absolute atomic E-state index is 10.9. The highest BCUT2D eigenvalue weighted by Gasteiger charge is 2.27. The molecule has 0 atom stereocenters. The van der Waals surface area contributed by atoms with Gasteiger partial charge >= 0.3 is 0 Å². The van der Waals surface area contributed by atoms with Crippen LogP contribution in [0.5, 0.6) is 0 Å². The highest BCUT2D eigenvalue weighted by atomic mass is 35.6. The maximum Gasteiger partial charge on any atom is 0.216 e. The molecule has 0 saturated heterocycles. The molecule has 0 aliphatic heterocycles. The van der Waals surface area contributed by atoms with Crippen molar-refractivity contribution in [2.24, 2.45) is 0 Å². The zero-order chi connectivity index (χ0) is 12.6. The fourth-order valence-electron chi connectivity index (χ4n) is 1.37. The molecule has 0 unspecified atom stereocenters. The first-order chi connectivity index (χ1) is 7.16. The molecule has 1 rings (SSSR count). The third kappa shape index (κ3) is 3.13. The van der Waals surface area contributed by atoms with Gasteiger partial charge in [0.25, 0.3) is 0 Å². The fourth-order valence-corrected chi connectivity index (χ4v) is 1.86. The van der Waals surface area contributed by atoms with Crippen LogP contribution in [0.2, 0.25) is 0 Å². The van der Waals surface area contributed by atoms with Crippen molar-refractivity contribution in [2.45, 2.75) is 30.0 Å². The molecule has 16 heavy (non-hydrogen) atoms. The van der Waals surface area contributed by atoms with Crippen LogP contribution >= 0.6 is 34.8 Å². The number of carbonyl (C=O) groups is 1. The second-order valence-corrected chi connectivity index (χ2v) is 6.95. The maximum atomic E-state index is 10.9. The number of hydrogen-bond acceptors (Lipinski definition) is 1. The summed E-state index contributed by atoms with van der Waals surface area (Å²) in [5.74, 6) is 0. The van der Waals surface area contributed by atoms with E-state index in [1.54, 1.807) is 12.1 Å². The van der Waals surface area contributed by atoms with Crippen LogP contribution in [0, 0.1) is 0 Å². The molecule has 0 bridgehead atoms. The topological polar surface area (TPSA) is 17.1 Å². The molecular formula is C12H13Cl3O.